The van der Waals surface area contributed by atoms with Crippen molar-refractivity contribution >= 4 is 28.9 Å². The number of thioether (sulfide) groups is 1. The molecule has 14 heavy (non-hydrogen) atoms. The molecule has 1 heterocycles. The van der Waals surface area contributed by atoms with E-state index in [1.54, 1.807) is 6.07 Å². The number of nitriles is 1. The van der Waals surface area contributed by atoms with Gasteiger partial charge in [0.2, 0.25) is 0 Å². The van der Waals surface area contributed by atoms with E-state index >= 15 is 0 Å². The number of hydrogen-bond donors (Lipinski definition) is 0. The van der Waals surface area contributed by atoms with E-state index in [2.05, 4.69) is 0 Å². The predicted octanol–water partition coefficient (Wildman–Crippen LogP) is 3.17. The molecule has 1 atom stereocenters. The molecule has 1 rings (SSSR count). The molecule has 1 unspecified atom stereocenters. The summed E-state index contributed by atoms with van der Waals surface area (Å²) in [6, 6.07) is 3.66. The molecule has 0 aliphatic heterocycles. The third-order valence-electron chi connectivity index (χ3n) is 1.81. The molecule has 0 aromatic carbocycles. The van der Waals surface area contributed by atoms with Crippen LogP contribution in [0, 0.1) is 16.6 Å². The molecular weight excluding hydrogens is 214 g/mol. The van der Waals surface area contributed by atoms with Gasteiger partial charge in [-0.2, -0.15) is 5.26 Å². The molecule has 0 amide bonds. The van der Waals surface area contributed by atoms with Crippen LogP contribution in [0.15, 0.2) is 17.5 Å². The van der Waals surface area contributed by atoms with Crippen LogP contribution in [0.5, 0.6) is 0 Å². The lowest BCUT2D eigenvalue weighted by Gasteiger charge is -2.13. The molecule has 4 heteroatoms. The fraction of sp³-hybridized carbons (Fsp3) is 0.400. The first-order chi connectivity index (χ1) is 6.66. The Bertz CT molecular complexity index is 338. The molecule has 74 valence electrons. The second kappa shape index (κ2) is 5.18. The second-order valence-corrected chi connectivity index (χ2v) is 5.09. The fourth-order valence-corrected chi connectivity index (χ4v) is 2.51. The number of carbonyl (C=O) groups excluding carboxylic acids is 1. The fourth-order valence-electron chi connectivity index (χ4n) is 1.11. The molecule has 0 aliphatic carbocycles. The van der Waals surface area contributed by atoms with Crippen LogP contribution >= 0.6 is 23.1 Å². The van der Waals surface area contributed by atoms with Gasteiger partial charge in [-0.25, -0.2) is 0 Å². The van der Waals surface area contributed by atoms with Crippen molar-refractivity contribution in [2.24, 2.45) is 5.92 Å². The number of nitrogens with zero attached hydrogens (tertiary/aromatic N) is 1. The van der Waals surface area contributed by atoms with Crippen LogP contribution in [0.1, 0.15) is 23.5 Å². The van der Waals surface area contributed by atoms with Gasteiger partial charge >= 0.3 is 0 Å². The smallest absolute Gasteiger partial charge is 0.187 e. The molecule has 0 radical (unpaired) electrons. The zero-order chi connectivity index (χ0) is 10.6. The minimum atomic E-state index is -0.237. The molecule has 0 aliphatic rings. The number of ketones is 1. The summed E-state index contributed by atoms with van der Waals surface area (Å²) in [6.45, 7) is 3.92. The second-order valence-electron chi connectivity index (χ2n) is 3.22. The van der Waals surface area contributed by atoms with Gasteiger partial charge in [-0.15, -0.1) is 11.3 Å². The maximum absolute atomic E-state index is 11.9. The van der Waals surface area contributed by atoms with Gasteiger partial charge in [0.15, 0.2) is 5.78 Å². The van der Waals surface area contributed by atoms with Gasteiger partial charge in [0.25, 0.3) is 0 Å². The summed E-state index contributed by atoms with van der Waals surface area (Å²) < 4.78 is 0. The zero-order valence-corrected chi connectivity index (χ0v) is 9.69. The summed E-state index contributed by atoms with van der Waals surface area (Å²) in [7, 11) is 0. The Labute approximate surface area is 91.9 Å². The lowest BCUT2D eigenvalue weighted by molar-refractivity contribution is 0.0980. The zero-order valence-electron chi connectivity index (χ0n) is 8.06. The molecule has 0 fully saturated rings. The van der Waals surface area contributed by atoms with E-state index in [1.165, 1.54) is 11.3 Å². The summed E-state index contributed by atoms with van der Waals surface area (Å²) in [4.78, 5) is 12.6. The van der Waals surface area contributed by atoms with Crippen molar-refractivity contribution in [1.82, 2.24) is 0 Å². The van der Waals surface area contributed by atoms with Crippen LogP contribution in [0.2, 0.25) is 0 Å². The van der Waals surface area contributed by atoms with Crippen molar-refractivity contribution in [3.63, 3.8) is 0 Å². The number of hydrogen-bond acceptors (Lipinski definition) is 4. The van der Waals surface area contributed by atoms with Gasteiger partial charge in [-0.1, -0.05) is 19.9 Å². The number of Topliss-reactive ketones (excluding diaryl/α,β-unsaturated/α-hetero) is 1. The largest absolute Gasteiger partial charge is 0.292 e. The van der Waals surface area contributed by atoms with Gasteiger partial charge in [0.1, 0.15) is 5.40 Å². The molecule has 0 spiro atoms. The third kappa shape index (κ3) is 2.60. The molecule has 1 aromatic heterocycles. The minimum absolute atomic E-state index is 0.0709. The third-order valence-corrected chi connectivity index (χ3v) is 3.81. The first-order valence-electron chi connectivity index (χ1n) is 4.29. The number of thiocyanates is 1. The SMILES string of the molecule is CC(C)C(SC#N)C(=O)c1cccs1. The van der Waals surface area contributed by atoms with Gasteiger partial charge in [-0.05, 0) is 29.1 Å². The van der Waals surface area contributed by atoms with E-state index in [-0.39, 0.29) is 17.0 Å². The van der Waals surface area contributed by atoms with Crippen molar-refractivity contribution in [2.45, 2.75) is 19.1 Å². The van der Waals surface area contributed by atoms with Crippen molar-refractivity contribution in [2.75, 3.05) is 0 Å². The summed E-state index contributed by atoms with van der Waals surface area (Å²) in [5.41, 5.74) is 0. The van der Waals surface area contributed by atoms with Crippen LogP contribution in [0.3, 0.4) is 0 Å². The Morgan fingerprint density at radius 1 is 1.64 bits per heavy atom. The summed E-state index contributed by atoms with van der Waals surface area (Å²) in [5, 5.41) is 12.2. The van der Waals surface area contributed by atoms with Crippen molar-refractivity contribution in [3.8, 4) is 5.40 Å². The molecule has 2 nitrogen and oxygen atoms in total. The van der Waals surface area contributed by atoms with Crippen LogP contribution < -0.4 is 0 Å². The average molecular weight is 225 g/mol. The normalized spacial score (nSPS) is 12.4. The minimum Gasteiger partial charge on any atom is -0.292 e. The molecule has 0 N–H and O–H groups in total. The molecule has 0 saturated carbocycles. The first kappa shape index (κ1) is 11.3. The highest BCUT2D eigenvalue weighted by Crippen LogP contribution is 2.24. The maximum atomic E-state index is 11.9. The quantitative estimate of drug-likeness (QED) is 0.583. The number of rotatable bonds is 4. The van der Waals surface area contributed by atoms with Crippen LogP contribution in [0.25, 0.3) is 0 Å². The summed E-state index contributed by atoms with van der Waals surface area (Å²) in [5.74, 6) is 0.260. The number of thiophene rings is 1. The Balaban J connectivity index is 2.80. The summed E-state index contributed by atoms with van der Waals surface area (Å²) >= 11 is 2.48. The van der Waals surface area contributed by atoms with Crippen molar-refractivity contribution in [3.05, 3.63) is 22.4 Å². The van der Waals surface area contributed by atoms with E-state index in [1.807, 2.05) is 30.7 Å². The molecule has 0 saturated heterocycles. The average Bonchev–Trinajstić information content (AvgIpc) is 2.65. The lowest BCUT2D eigenvalue weighted by Crippen LogP contribution is -2.21. The van der Waals surface area contributed by atoms with Crippen LogP contribution in [0.4, 0.5) is 0 Å². The van der Waals surface area contributed by atoms with E-state index in [4.69, 9.17) is 5.26 Å². The van der Waals surface area contributed by atoms with Crippen molar-refractivity contribution < 1.29 is 4.79 Å². The summed E-state index contributed by atoms with van der Waals surface area (Å²) in [6.07, 6.45) is 0. The van der Waals surface area contributed by atoms with Crippen LogP contribution in [-0.4, -0.2) is 11.0 Å². The van der Waals surface area contributed by atoms with Gasteiger partial charge < -0.3 is 0 Å². The van der Waals surface area contributed by atoms with Gasteiger partial charge in [-0.3, -0.25) is 4.79 Å². The van der Waals surface area contributed by atoms with Gasteiger partial charge in [0.05, 0.1) is 10.1 Å². The monoisotopic (exact) mass is 225 g/mol. The highest BCUT2D eigenvalue weighted by molar-refractivity contribution is 8.05. The van der Waals surface area contributed by atoms with E-state index in [0.29, 0.717) is 0 Å². The Hall–Kier alpha value is -0.790. The topological polar surface area (TPSA) is 40.9 Å². The standard InChI is InChI=1S/C10H11NOS2/c1-7(2)10(14-6-11)9(12)8-4-3-5-13-8/h3-5,7,10H,1-2H3. The highest BCUT2D eigenvalue weighted by Gasteiger charge is 2.24. The van der Waals surface area contributed by atoms with E-state index in [9.17, 15) is 4.79 Å². The number of carbonyl (C=O) groups is 1. The Kier molecular flexibility index (Phi) is 4.18. The highest BCUT2D eigenvalue weighted by atomic mass is 32.2. The molecule has 1 aromatic rings. The molecule has 0 bridgehead atoms. The van der Waals surface area contributed by atoms with Crippen molar-refractivity contribution in [1.29, 1.82) is 5.26 Å². The lowest BCUT2D eigenvalue weighted by atomic mass is 10.1. The Morgan fingerprint density at radius 3 is 2.79 bits per heavy atom. The Morgan fingerprint density at radius 2 is 2.36 bits per heavy atom. The van der Waals surface area contributed by atoms with E-state index < -0.39 is 0 Å². The predicted molar refractivity (Wildman–Crippen MR) is 60.5 cm³/mol. The first-order valence-corrected chi connectivity index (χ1v) is 6.05. The van der Waals surface area contributed by atoms with Crippen LogP contribution in [-0.2, 0) is 0 Å². The maximum Gasteiger partial charge on any atom is 0.187 e. The van der Waals surface area contributed by atoms with E-state index in [0.717, 1.165) is 16.6 Å². The molecular formula is C10H11NOS2. The van der Waals surface area contributed by atoms with Gasteiger partial charge in [0, 0.05) is 0 Å².